The first-order chi connectivity index (χ1) is 15.1. The van der Waals surface area contributed by atoms with Crippen molar-refractivity contribution >= 4 is 11.0 Å². The summed E-state index contributed by atoms with van der Waals surface area (Å²) in [6.45, 7) is 6.58. The molecule has 1 unspecified atom stereocenters. The van der Waals surface area contributed by atoms with Crippen molar-refractivity contribution in [2.75, 3.05) is 0 Å². The average molecular weight is 413 g/mol. The highest BCUT2D eigenvalue weighted by Gasteiger charge is 2.54. The van der Waals surface area contributed by atoms with Gasteiger partial charge in [-0.2, -0.15) is 10.2 Å². The van der Waals surface area contributed by atoms with E-state index < -0.39 is 0 Å². The molecule has 2 aliphatic carbocycles. The zero-order valence-corrected chi connectivity index (χ0v) is 18.3. The number of aromatic nitrogens is 6. The number of pyridine rings is 2. The molecule has 31 heavy (non-hydrogen) atoms. The molecular formula is C25H28N6. The summed E-state index contributed by atoms with van der Waals surface area (Å²) in [7, 11) is 0. The first kappa shape index (κ1) is 18.7. The molecule has 2 saturated carbocycles. The standard InChI is InChI=1S/C25H28N6/c1-15(2)30-24(25-18-7-6-8-19(18)25)12-21(29-30)17-11-23-22(27-13-17)14-28-31(23)16(3)20-9-4-5-10-26-20/h4-5,9-16,18-19,25H,6-8H2,1-3H3/t16-,18-,19+,25?/m0/s1. The van der Waals surface area contributed by atoms with Crippen molar-refractivity contribution in [1.29, 1.82) is 0 Å². The third-order valence-electron chi connectivity index (χ3n) is 7.23. The number of nitrogens with zero attached hydrogens (tertiary/aromatic N) is 6. The molecule has 4 atom stereocenters. The van der Waals surface area contributed by atoms with Crippen molar-refractivity contribution in [2.24, 2.45) is 11.8 Å². The predicted octanol–water partition coefficient (Wildman–Crippen LogP) is 5.39. The molecular weight excluding hydrogens is 384 g/mol. The fourth-order valence-electron chi connectivity index (χ4n) is 5.60. The molecule has 158 valence electrons. The van der Waals surface area contributed by atoms with E-state index in [1.54, 1.807) is 0 Å². The third kappa shape index (κ3) is 2.99. The van der Waals surface area contributed by atoms with Gasteiger partial charge in [-0.25, -0.2) is 0 Å². The number of hydrogen-bond donors (Lipinski definition) is 0. The molecule has 0 N–H and O–H groups in total. The van der Waals surface area contributed by atoms with Gasteiger partial charge in [0.2, 0.25) is 0 Å². The average Bonchev–Trinajstić information content (AvgIpc) is 3.25. The highest BCUT2D eigenvalue weighted by Crippen LogP contribution is 2.63. The number of fused-ring (bicyclic) bond motifs is 2. The Kier molecular flexibility index (Phi) is 4.23. The van der Waals surface area contributed by atoms with Gasteiger partial charge >= 0.3 is 0 Å². The molecule has 4 aromatic rings. The first-order valence-corrected chi connectivity index (χ1v) is 11.5. The van der Waals surface area contributed by atoms with Crippen LogP contribution in [0.2, 0.25) is 0 Å². The van der Waals surface area contributed by atoms with E-state index in [1.807, 2.05) is 41.5 Å². The minimum atomic E-state index is 0.0328. The number of hydrogen-bond acceptors (Lipinski definition) is 4. The summed E-state index contributed by atoms with van der Waals surface area (Å²) in [6.07, 6.45) is 9.76. The molecule has 6 heteroatoms. The van der Waals surface area contributed by atoms with Crippen LogP contribution < -0.4 is 0 Å². The van der Waals surface area contributed by atoms with Crippen molar-refractivity contribution < 1.29 is 0 Å². The Morgan fingerprint density at radius 2 is 1.81 bits per heavy atom. The lowest BCUT2D eigenvalue weighted by Gasteiger charge is -2.13. The summed E-state index contributed by atoms with van der Waals surface area (Å²) in [4.78, 5) is 9.22. The Hall–Kier alpha value is -3.02. The second-order valence-electron chi connectivity index (χ2n) is 9.43. The SMILES string of the molecule is CC(C)n1nc(-c2cnc3cnn([C@@H](C)c4ccccn4)c3c2)cc1C1[C@H]2CCC[C@@H]12. The van der Waals surface area contributed by atoms with E-state index in [9.17, 15) is 0 Å². The molecule has 0 bridgehead atoms. The molecule has 6 rings (SSSR count). The molecule has 2 aliphatic rings. The van der Waals surface area contributed by atoms with Crippen LogP contribution in [0.3, 0.4) is 0 Å². The lowest BCUT2D eigenvalue weighted by molar-refractivity contribution is 0.497. The summed E-state index contributed by atoms with van der Waals surface area (Å²) in [5.74, 6) is 2.45. The van der Waals surface area contributed by atoms with Crippen molar-refractivity contribution in [1.82, 2.24) is 29.5 Å². The van der Waals surface area contributed by atoms with Gasteiger partial charge in [-0.15, -0.1) is 0 Å². The normalized spacial score (nSPS) is 23.4. The minimum absolute atomic E-state index is 0.0328. The summed E-state index contributed by atoms with van der Waals surface area (Å²) >= 11 is 0. The molecule has 0 radical (unpaired) electrons. The summed E-state index contributed by atoms with van der Waals surface area (Å²) in [6, 6.07) is 10.9. The lowest BCUT2D eigenvalue weighted by atomic mass is 10.1. The second-order valence-corrected chi connectivity index (χ2v) is 9.43. The molecule has 6 nitrogen and oxygen atoms in total. The van der Waals surface area contributed by atoms with Gasteiger partial charge < -0.3 is 0 Å². The van der Waals surface area contributed by atoms with Crippen LogP contribution in [-0.2, 0) is 0 Å². The van der Waals surface area contributed by atoms with E-state index in [0.29, 0.717) is 12.0 Å². The molecule has 0 spiro atoms. The van der Waals surface area contributed by atoms with Crippen molar-refractivity contribution in [3.05, 3.63) is 60.3 Å². The Labute approximate surface area is 182 Å². The van der Waals surface area contributed by atoms with Gasteiger partial charge in [0.25, 0.3) is 0 Å². The van der Waals surface area contributed by atoms with Crippen LogP contribution in [0.25, 0.3) is 22.3 Å². The zero-order valence-electron chi connectivity index (χ0n) is 18.3. The second kappa shape index (κ2) is 7.01. The Balaban J connectivity index is 1.40. The van der Waals surface area contributed by atoms with E-state index in [4.69, 9.17) is 10.1 Å². The third-order valence-corrected chi connectivity index (χ3v) is 7.23. The maximum atomic E-state index is 5.03. The minimum Gasteiger partial charge on any atom is -0.266 e. The van der Waals surface area contributed by atoms with Gasteiger partial charge in [-0.05, 0) is 69.7 Å². The largest absolute Gasteiger partial charge is 0.266 e. The van der Waals surface area contributed by atoms with Gasteiger partial charge in [-0.3, -0.25) is 19.3 Å². The fraction of sp³-hybridized carbons (Fsp3) is 0.440. The van der Waals surface area contributed by atoms with Crippen LogP contribution in [0.4, 0.5) is 0 Å². The topological polar surface area (TPSA) is 61.4 Å². The van der Waals surface area contributed by atoms with Crippen molar-refractivity contribution in [3.8, 4) is 11.3 Å². The Morgan fingerprint density at radius 3 is 2.55 bits per heavy atom. The molecule has 0 aromatic carbocycles. The molecule has 0 saturated heterocycles. The van der Waals surface area contributed by atoms with Gasteiger partial charge in [0.15, 0.2) is 0 Å². The van der Waals surface area contributed by atoms with E-state index in [2.05, 4.69) is 47.7 Å². The van der Waals surface area contributed by atoms with Crippen LogP contribution in [0.5, 0.6) is 0 Å². The summed E-state index contributed by atoms with van der Waals surface area (Å²) in [5, 5.41) is 9.65. The van der Waals surface area contributed by atoms with Gasteiger partial charge in [0.05, 0.1) is 29.1 Å². The van der Waals surface area contributed by atoms with E-state index in [1.165, 1.54) is 25.0 Å². The van der Waals surface area contributed by atoms with Crippen LogP contribution in [0.15, 0.2) is 48.9 Å². The van der Waals surface area contributed by atoms with Gasteiger partial charge in [-0.1, -0.05) is 12.5 Å². The zero-order chi connectivity index (χ0) is 21.1. The molecule has 4 aromatic heterocycles. The maximum Gasteiger partial charge on any atom is 0.108 e. The maximum absolute atomic E-state index is 5.03. The molecule has 0 amide bonds. The van der Waals surface area contributed by atoms with Crippen molar-refractivity contribution in [3.63, 3.8) is 0 Å². The van der Waals surface area contributed by atoms with Gasteiger partial charge in [0.1, 0.15) is 5.52 Å². The molecule has 4 heterocycles. The monoisotopic (exact) mass is 412 g/mol. The van der Waals surface area contributed by atoms with Crippen molar-refractivity contribution in [2.45, 2.75) is 58.0 Å². The summed E-state index contributed by atoms with van der Waals surface area (Å²) < 4.78 is 4.26. The molecule has 2 fully saturated rings. The lowest BCUT2D eigenvalue weighted by Crippen LogP contribution is -2.09. The van der Waals surface area contributed by atoms with Crippen LogP contribution in [0, 0.1) is 11.8 Å². The number of rotatable bonds is 5. The quantitative estimate of drug-likeness (QED) is 0.441. The van der Waals surface area contributed by atoms with Crippen LogP contribution >= 0.6 is 0 Å². The highest BCUT2D eigenvalue weighted by molar-refractivity contribution is 5.79. The smallest absolute Gasteiger partial charge is 0.108 e. The van der Waals surface area contributed by atoms with E-state index >= 15 is 0 Å². The first-order valence-electron chi connectivity index (χ1n) is 11.5. The highest BCUT2D eigenvalue weighted by atomic mass is 15.3. The molecule has 0 aliphatic heterocycles. The fourth-order valence-corrected chi connectivity index (χ4v) is 5.60. The van der Waals surface area contributed by atoms with Gasteiger partial charge in [0, 0.05) is 35.6 Å². The Bertz CT molecular complexity index is 1230. The Morgan fingerprint density at radius 1 is 0.968 bits per heavy atom. The van der Waals surface area contributed by atoms with E-state index in [-0.39, 0.29) is 6.04 Å². The van der Waals surface area contributed by atoms with Crippen LogP contribution in [0.1, 0.15) is 69.4 Å². The van der Waals surface area contributed by atoms with E-state index in [0.717, 1.165) is 39.8 Å². The van der Waals surface area contributed by atoms with Crippen LogP contribution in [-0.4, -0.2) is 29.5 Å². The summed E-state index contributed by atoms with van der Waals surface area (Å²) in [5.41, 5.74) is 6.38. The predicted molar refractivity (Wildman–Crippen MR) is 121 cm³/mol.